The van der Waals surface area contributed by atoms with Gasteiger partial charge in [0, 0.05) is 32.5 Å². The molecule has 5 nitrogen and oxygen atoms in total. The zero-order valence-electron chi connectivity index (χ0n) is 16.9. The molecule has 2 heterocycles. The molecule has 1 fully saturated rings. The second kappa shape index (κ2) is 12.0. The van der Waals surface area contributed by atoms with Crippen molar-refractivity contribution in [3.63, 3.8) is 0 Å². The first-order valence-electron chi connectivity index (χ1n) is 9.91. The summed E-state index contributed by atoms with van der Waals surface area (Å²) >= 11 is 0. The SMILES string of the molecule is CN=C(NCCc1ccncc1C)NCC(c1ccccc1)N1CCCC1.I. The van der Waals surface area contributed by atoms with Crippen LogP contribution < -0.4 is 10.6 Å². The smallest absolute Gasteiger partial charge is 0.191 e. The molecule has 152 valence electrons. The van der Waals surface area contributed by atoms with Crippen LogP contribution in [0.2, 0.25) is 0 Å². The Morgan fingerprint density at radius 1 is 1.14 bits per heavy atom. The number of hydrogen-bond acceptors (Lipinski definition) is 3. The highest BCUT2D eigenvalue weighted by Crippen LogP contribution is 2.24. The molecule has 2 aromatic rings. The molecular weight excluding hydrogens is 461 g/mol. The van der Waals surface area contributed by atoms with Gasteiger partial charge >= 0.3 is 0 Å². The van der Waals surface area contributed by atoms with E-state index >= 15 is 0 Å². The highest BCUT2D eigenvalue weighted by Gasteiger charge is 2.23. The summed E-state index contributed by atoms with van der Waals surface area (Å²) in [6.07, 6.45) is 7.32. The van der Waals surface area contributed by atoms with E-state index in [2.05, 4.69) is 68.8 Å². The van der Waals surface area contributed by atoms with Gasteiger partial charge in [-0.1, -0.05) is 30.3 Å². The molecule has 1 aromatic heterocycles. The standard InChI is InChI=1S/C22H31N5.HI/c1-18-16-24-12-10-19(18)11-13-25-22(23-2)26-17-21(27-14-6-7-15-27)20-8-4-3-5-9-20;/h3-5,8-10,12,16,21H,6-7,11,13-15,17H2,1-2H3,(H2,23,25,26);1H. The maximum atomic E-state index is 4.40. The molecule has 0 bridgehead atoms. The monoisotopic (exact) mass is 493 g/mol. The Hall–Kier alpha value is -1.67. The fourth-order valence-corrected chi connectivity index (χ4v) is 3.70. The lowest BCUT2D eigenvalue weighted by atomic mass is 10.1. The van der Waals surface area contributed by atoms with Crippen molar-refractivity contribution >= 4 is 29.9 Å². The van der Waals surface area contributed by atoms with Gasteiger partial charge < -0.3 is 10.6 Å². The Kier molecular flexibility index (Phi) is 9.70. The molecule has 2 N–H and O–H groups in total. The molecule has 28 heavy (non-hydrogen) atoms. The van der Waals surface area contributed by atoms with Crippen molar-refractivity contribution in [2.75, 3.05) is 33.2 Å². The Morgan fingerprint density at radius 2 is 1.89 bits per heavy atom. The van der Waals surface area contributed by atoms with Crippen LogP contribution >= 0.6 is 24.0 Å². The number of aryl methyl sites for hydroxylation is 1. The number of rotatable bonds is 7. The van der Waals surface area contributed by atoms with Gasteiger partial charge in [0.1, 0.15) is 0 Å². The number of aliphatic imine (C=N–C) groups is 1. The lowest BCUT2D eigenvalue weighted by Gasteiger charge is -2.29. The van der Waals surface area contributed by atoms with Crippen LogP contribution in [0.3, 0.4) is 0 Å². The van der Waals surface area contributed by atoms with Crippen molar-refractivity contribution in [1.29, 1.82) is 0 Å². The minimum Gasteiger partial charge on any atom is -0.356 e. The molecule has 6 heteroatoms. The zero-order valence-corrected chi connectivity index (χ0v) is 19.2. The Labute approximate surface area is 186 Å². The summed E-state index contributed by atoms with van der Waals surface area (Å²) in [6, 6.07) is 13.3. The molecule has 0 radical (unpaired) electrons. The molecule has 0 aliphatic carbocycles. The topological polar surface area (TPSA) is 52.6 Å². The molecule has 0 saturated carbocycles. The number of nitrogens with one attached hydrogen (secondary N) is 2. The van der Waals surface area contributed by atoms with E-state index in [4.69, 9.17) is 0 Å². The number of benzene rings is 1. The first kappa shape index (κ1) is 22.6. The number of pyridine rings is 1. The van der Waals surface area contributed by atoms with Gasteiger partial charge in [0.25, 0.3) is 0 Å². The van der Waals surface area contributed by atoms with Gasteiger partial charge in [-0.25, -0.2) is 0 Å². The molecule has 1 aromatic carbocycles. The summed E-state index contributed by atoms with van der Waals surface area (Å²) in [5.74, 6) is 0.863. The van der Waals surface area contributed by atoms with Crippen LogP contribution in [0.5, 0.6) is 0 Å². The summed E-state index contributed by atoms with van der Waals surface area (Å²) in [7, 11) is 1.83. The molecular formula is C22H32IN5. The van der Waals surface area contributed by atoms with E-state index in [9.17, 15) is 0 Å². The van der Waals surface area contributed by atoms with Gasteiger partial charge in [-0.3, -0.25) is 14.9 Å². The van der Waals surface area contributed by atoms with E-state index in [1.807, 2.05) is 19.4 Å². The van der Waals surface area contributed by atoms with Gasteiger partial charge in [-0.2, -0.15) is 0 Å². The van der Waals surface area contributed by atoms with Crippen molar-refractivity contribution in [2.24, 2.45) is 4.99 Å². The molecule has 0 amide bonds. The average Bonchev–Trinajstić information content (AvgIpc) is 3.23. The maximum absolute atomic E-state index is 4.40. The molecule has 1 unspecified atom stereocenters. The normalized spacial score (nSPS) is 15.7. The number of nitrogens with zero attached hydrogens (tertiary/aromatic N) is 3. The first-order valence-corrected chi connectivity index (χ1v) is 9.91. The number of guanidine groups is 1. The second-order valence-electron chi connectivity index (χ2n) is 7.10. The summed E-state index contributed by atoms with van der Waals surface area (Å²) in [5.41, 5.74) is 3.93. The van der Waals surface area contributed by atoms with Gasteiger partial charge in [0.05, 0.1) is 6.04 Å². The van der Waals surface area contributed by atoms with Gasteiger partial charge in [0.2, 0.25) is 0 Å². The van der Waals surface area contributed by atoms with E-state index < -0.39 is 0 Å². The predicted octanol–water partition coefficient (Wildman–Crippen LogP) is 3.55. The van der Waals surface area contributed by atoms with Crippen LogP contribution in [-0.4, -0.2) is 49.1 Å². The van der Waals surface area contributed by atoms with Gasteiger partial charge in [0.15, 0.2) is 5.96 Å². The van der Waals surface area contributed by atoms with Crippen molar-refractivity contribution in [3.8, 4) is 0 Å². The molecule has 1 saturated heterocycles. The predicted molar refractivity (Wildman–Crippen MR) is 127 cm³/mol. The third-order valence-corrected chi connectivity index (χ3v) is 5.28. The Balaban J connectivity index is 0.00000280. The molecule has 3 rings (SSSR count). The Bertz CT molecular complexity index is 729. The number of aromatic nitrogens is 1. The third-order valence-electron chi connectivity index (χ3n) is 5.28. The maximum Gasteiger partial charge on any atom is 0.191 e. The fourth-order valence-electron chi connectivity index (χ4n) is 3.70. The van der Waals surface area contributed by atoms with Crippen LogP contribution in [0.1, 0.15) is 35.6 Å². The van der Waals surface area contributed by atoms with E-state index in [-0.39, 0.29) is 24.0 Å². The van der Waals surface area contributed by atoms with Crippen molar-refractivity contribution in [1.82, 2.24) is 20.5 Å². The highest BCUT2D eigenvalue weighted by atomic mass is 127. The summed E-state index contributed by atoms with van der Waals surface area (Å²) < 4.78 is 0. The number of likely N-dealkylation sites (tertiary alicyclic amines) is 1. The quantitative estimate of drug-likeness (QED) is 0.352. The summed E-state index contributed by atoms with van der Waals surface area (Å²) in [5, 5.41) is 6.97. The number of hydrogen-bond donors (Lipinski definition) is 2. The third kappa shape index (κ3) is 6.44. The van der Waals surface area contributed by atoms with Gasteiger partial charge in [-0.05, 0) is 62.0 Å². The van der Waals surface area contributed by atoms with Crippen LogP contribution in [0.4, 0.5) is 0 Å². The van der Waals surface area contributed by atoms with E-state index in [1.54, 1.807) is 0 Å². The van der Waals surface area contributed by atoms with Crippen molar-refractivity contribution in [2.45, 2.75) is 32.2 Å². The molecule has 0 spiro atoms. The highest BCUT2D eigenvalue weighted by molar-refractivity contribution is 14.0. The second-order valence-corrected chi connectivity index (χ2v) is 7.10. The van der Waals surface area contributed by atoms with Crippen molar-refractivity contribution < 1.29 is 0 Å². The molecule has 1 aliphatic heterocycles. The summed E-state index contributed by atoms with van der Waals surface area (Å²) in [4.78, 5) is 11.1. The largest absolute Gasteiger partial charge is 0.356 e. The lowest BCUT2D eigenvalue weighted by Crippen LogP contribution is -2.43. The molecule has 1 aliphatic rings. The minimum absolute atomic E-state index is 0. The van der Waals surface area contributed by atoms with E-state index in [1.165, 1.54) is 42.6 Å². The summed E-state index contributed by atoms with van der Waals surface area (Å²) in [6.45, 7) is 6.17. The Morgan fingerprint density at radius 3 is 2.57 bits per heavy atom. The fraction of sp³-hybridized carbons (Fsp3) is 0.455. The van der Waals surface area contributed by atoms with Crippen LogP contribution in [-0.2, 0) is 6.42 Å². The van der Waals surface area contributed by atoms with Crippen LogP contribution in [0, 0.1) is 6.92 Å². The van der Waals surface area contributed by atoms with Crippen molar-refractivity contribution in [3.05, 3.63) is 65.5 Å². The van der Waals surface area contributed by atoms with E-state index in [0.717, 1.165) is 25.5 Å². The average molecular weight is 493 g/mol. The lowest BCUT2D eigenvalue weighted by molar-refractivity contribution is 0.245. The minimum atomic E-state index is 0. The molecule has 1 atom stereocenters. The van der Waals surface area contributed by atoms with Gasteiger partial charge in [-0.15, -0.1) is 24.0 Å². The van der Waals surface area contributed by atoms with Crippen LogP contribution in [0.25, 0.3) is 0 Å². The van der Waals surface area contributed by atoms with Crippen LogP contribution in [0.15, 0.2) is 53.8 Å². The zero-order chi connectivity index (χ0) is 18.9. The number of halogens is 1. The first-order chi connectivity index (χ1) is 13.3. The van der Waals surface area contributed by atoms with E-state index in [0.29, 0.717) is 6.04 Å².